The fraction of sp³-hybridized carbons (Fsp3) is 0.190. The number of pyridine rings is 1. The molecule has 0 aliphatic carbocycles. The fourth-order valence-corrected chi connectivity index (χ4v) is 3.38. The molecule has 1 aliphatic heterocycles. The molecular weight excluding hydrogens is 373 g/mol. The molecule has 4 rings (SSSR count). The van der Waals surface area contributed by atoms with Crippen LogP contribution >= 0.6 is 0 Å². The van der Waals surface area contributed by atoms with Crippen molar-refractivity contribution in [3.63, 3.8) is 0 Å². The number of amides is 1. The van der Waals surface area contributed by atoms with E-state index in [0.717, 1.165) is 12.2 Å². The summed E-state index contributed by atoms with van der Waals surface area (Å²) in [6.07, 6.45) is 5.09. The number of hydrogen-bond acceptors (Lipinski definition) is 5. The third-order valence-corrected chi connectivity index (χ3v) is 4.76. The van der Waals surface area contributed by atoms with Crippen molar-refractivity contribution in [2.45, 2.75) is 20.4 Å². The number of nitrogens with zero attached hydrogens (tertiary/aromatic N) is 3. The summed E-state index contributed by atoms with van der Waals surface area (Å²) in [6, 6.07) is 6.30. The standard InChI is InChI=1S/C21H20FN5O2/c1-4-27-11-13(9-24-27)25-12(2)19-14-8-16(23-10-17(14)26-21(19)28)20-15(22)6-5-7-18(20)29-3/h5-11,25H,4H2,1-3H3,(H,26,28)/b19-12-. The Morgan fingerprint density at radius 2 is 2.17 bits per heavy atom. The number of benzene rings is 1. The smallest absolute Gasteiger partial charge is 0.258 e. The molecule has 0 spiro atoms. The summed E-state index contributed by atoms with van der Waals surface area (Å²) >= 11 is 0. The highest BCUT2D eigenvalue weighted by atomic mass is 19.1. The summed E-state index contributed by atoms with van der Waals surface area (Å²) in [6.45, 7) is 4.56. The molecule has 1 aromatic carbocycles. The highest BCUT2D eigenvalue weighted by molar-refractivity contribution is 6.32. The van der Waals surface area contributed by atoms with Crippen molar-refractivity contribution in [1.29, 1.82) is 0 Å². The average Bonchev–Trinajstić information content (AvgIpc) is 3.29. The Balaban J connectivity index is 1.78. The van der Waals surface area contributed by atoms with Crippen molar-refractivity contribution < 1.29 is 13.9 Å². The summed E-state index contributed by atoms with van der Waals surface area (Å²) in [5, 5.41) is 10.3. The molecule has 0 fully saturated rings. The Labute approximate surface area is 167 Å². The zero-order valence-corrected chi connectivity index (χ0v) is 16.3. The lowest BCUT2D eigenvalue weighted by Crippen LogP contribution is -2.08. The zero-order chi connectivity index (χ0) is 20.5. The Hall–Kier alpha value is -3.68. The first-order valence-electron chi connectivity index (χ1n) is 9.16. The summed E-state index contributed by atoms with van der Waals surface area (Å²) < 4.78 is 21.6. The van der Waals surface area contributed by atoms with Gasteiger partial charge in [0.1, 0.15) is 11.6 Å². The van der Waals surface area contributed by atoms with Gasteiger partial charge in [-0.25, -0.2) is 4.39 Å². The molecule has 7 nitrogen and oxygen atoms in total. The number of ether oxygens (including phenoxy) is 1. The summed E-state index contributed by atoms with van der Waals surface area (Å²) in [7, 11) is 1.48. The van der Waals surface area contributed by atoms with Crippen LogP contribution in [0.5, 0.6) is 5.75 Å². The van der Waals surface area contributed by atoms with E-state index in [0.29, 0.717) is 34.0 Å². The van der Waals surface area contributed by atoms with E-state index >= 15 is 0 Å². The predicted octanol–water partition coefficient (Wildman–Crippen LogP) is 3.91. The Bertz CT molecular complexity index is 1140. The van der Waals surface area contributed by atoms with Gasteiger partial charge in [0, 0.05) is 24.0 Å². The Morgan fingerprint density at radius 3 is 2.90 bits per heavy atom. The number of allylic oxidation sites excluding steroid dienone is 1. The first-order chi connectivity index (χ1) is 14.0. The van der Waals surface area contributed by atoms with Crippen molar-refractivity contribution in [1.82, 2.24) is 14.8 Å². The normalized spacial score (nSPS) is 14.4. The topological polar surface area (TPSA) is 81.1 Å². The van der Waals surface area contributed by atoms with E-state index in [1.807, 2.05) is 20.0 Å². The Kier molecular flexibility index (Phi) is 4.75. The number of aryl methyl sites for hydroxylation is 1. The maximum atomic E-state index is 14.5. The number of rotatable bonds is 5. The van der Waals surface area contributed by atoms with E-state index in [-0.39, 0.29) is 11.5 Å². The minimum absolute atomic E-state index is 0.243. The quantitative estimate of drug-likeness (QED) is 0.643. The van der Waals surface area contributed by atoms with Gasteiger partial charge in [0.25, 0.3) is 5.91 Å². The van der Waals surface area contributed by atoms with E-state index in [9.17, 15) is 9.18 Å². The van der Waals surface area contributed by atoms with Crippen LogP contribution in [0.3, 0.4) is 0 Å². The van der Waals surface area contributed by atoms with Gasteiger partial charge in [0.2, 0.25) is 0 Å². The van der Waals surface area contributed by atoms with Gasteiger partial charge in [-0.1, -0.05) is 6.07 Å². The molecule has 2 aromatic heterocycles. The molecule has 3 heterocycles. The molecule has 0 saturated carbocycles. The van der Waals surface area contributed by atoms with E-state index in [1.54, 1.807) is 29.1 Å². The third-order valence-electron chi connectivity index (χ3n) is 4.76. The number of nitrogens with one attached hydrogen (secondary N) is 2. The van der Waals surface area contributed by atoms with Crippen molar-refractivity contribution in [3.8, 4) is 17.0 Å². The molecule has 1 amide bonds. The van der Waals surface area contributed by atoms with Crippen LogP contribution in [0.15, 0.2) is 48.6 Å². The molecule has 0 atom stereocenters. The summed E-state index contributed by atoms with van der Waals surface area (Å²) in [5.41, 5.74) is 3.79. The first-order valence-corrected chi connectivity index (χ1v) is 9.16. The van der Waals surface area contributed by atoms with Crippen LogP contribution in [0.2, 0.25) is 0 Å². The average molecular weight is 393 g/mol. The van der Waals surface area contributed by atoms with Crippen molar-refractivity contribution in [3.05, 3.63) is 59.9 Å². The van der Waals surface area contributed by atoms with Gasteiger partial charge in [0.15, 0.2) is 0 Å². The number of hydrogen-bond donors (Lipinski definition) is 2. The van der Waals surface area contributed by atoms with Gasteiger partial charge in [-0.15, -0.1) is 0 Å². The fourth-order valence-electron chi connectivity index (χ4n) is 3.38. The van der Waals surface area contributed by atoms with Gasteiger partial charge < -0.3 is 15.4 Å². The largest absolute Gasteiger partial charge is 0.496 e. The second-order valence-corrected chi connectivity index (χ2v) is 6.60. The van der Waals surface area contributed by atoms with E-state index in [1.165, 1.54) is 19.4 Å². The second-order valence-electron chi connectivity index (χ2n) is 6.60. The van der Waals surface area contributed by atoms with E-state index < -0.39 is 5.82 Å². The lowest BCUT2D eigenvalue weighted by atomic mass is 10.0. The third kappa shape index (κ3) is 3.33. The highest BCUT2D eigenvalue weighted by Gasteiger charge is 2.28. The molecule has 148 valence electrons. The number of anilines is 2. The highest BCUT2D eigenvalue weighted by Crippen LogP contribution is 2.38. The summed E-state index contributed by atoms with van der Waals surface area (Å²) in [4.78, 5) is 16.9. The van der Waals surface area contributed by atoms with Gasteiger partial charge in [-0.3, -0.25) is 14.5 Å². The van der Waals surface area contributed by atoms with Crippen LogP contribution in [-0.2, 0) is 11.3 Å². The van der Waals surface area contributed by atoms with Crippen LogP contribution < -0.4 is 15.4 Å². The monoisotopic (exact) mass is 393 g/mol. The summed E-state index contributed by atoms with van der Waals surface area (Å²) in [5.74, 6) is -0.309. The molecule has 29 heavy (non-hydrogen) atoms. The maximum absolute atomic E-state index is 14.5. The Morgan fingerprint density at radius 1 is 1.34 bits per heavy atom. The minimum Gasteiger partial charge on any atom is -0.496 e. The molecule has 2 N–H and O–H groups in total. The van der Waals surface area contributed by atoms with Crippen LogP contribution in [0, 0.1) is 5.82 Å². The van der Waals surface area contributed by atoms with Crippen molar-refractivity contribution in [2.24, 2.45) is 0 Å². The van der Waals surface area contributed by atoms with E-state index in [2.05, 4.69) is 20.7 Å². The molecule has 0 unspecified atom stereocenters. The van der Waals surface area contributed by atoms with Crippen LogP contribution in [0.1, 0.15) is 19.4 Å². The molecule has 3 aromatic rings. The number of aromatic nitrogens is 3. The maximum Gasteiger partial charge on any atom is 0.258 e. The molecule has 0 saturated heterocycles. The predicted molar refractivity (Wildman–Crippen MR) is 109 cm³/mol. The second kappa shape index (κ2) is 7.38. The van der Waals surface area contributed by atoms with E-state index in [4.69, 9.17) is 4.74 Å². The van der Waals surface area contributed by atoms with Crippen LogP contribution in [0.25, 0.3) is 16.8 Å². The van der Waals surface area contributed by atoms with Crippen molar-refractivity contribution >= 4 is 22.9 Å². The van der Waals surface area contributed by atoms with Gasteiger partial charge in [-0.05, 0) is 32.0 Å². The first kappa shape index (κ1) is 18.7. The lowest BCUT2D eigenvalue weighted by molar-refractivity contribution is -0.110. The number of methoxy groups -OCH3 is 1. The zero-order valence-electron chi connectivity index (χ0n) is 16.3. The van der Waals surface area contributed by atoms with Gasteiger partial charge in [-0.2, -0.15) is 5.10 Å². The molecule has 0 bridgehead atoms. The molecule has 0 radical (unpaired) electrons. The molecule has 1 aliphatic rings. The van der Waals surface area contributed by atoms with Crippen LogP contribution in [0.4, 0.5) is 15.8 Å². The molecule has 8 heteroatoms. The molecular formula is C21H20FN5O2. The number of halogens is 1. The number of carbonyl (C=O) groups is 1. The van der Waals surface area contributed by atoms with Gasteiger partial charge in [0.05, 0.1) is 47.7 Å². The van der Waals surface area contributed by atoms with Crippen molar-refractivity contribution in [2.75, 3.05) is 17.7 Å². The lowest BCUT2D eigenvalue weighted by Gasteiger charge is -2.11. The number of fused-ring (bicyclic) bond motifs is 1. The van der Waals surface area contributed by atoms with Crippen LogP contribution in [-0.4, -0.2) is 27.8 Å². The number of carbonyl (C=O) groups excluding carboxylic acids is 1. The SMILES string of the molecule is CCn1cc(N/C(C)=C2\C(=O)Nc3cnc(-c4c(F)cccc4OC)cc32)cn1. The van der Waals surface area contributed by atoms with Gasteiger partial charge >= 0.3 is 0 Å². The minimum atomic E-state index is -0.443.